The maximum atomic E-state index is 12.9. The molecule has 29 heavy (non-hydrogen) atoms. The van der Waals surface area contributed by atoms with Crippen molar-refractivity contribution in [3.63, 3.8) is 0 Å². The van der Waals surface area contributed by atoms with Gasteiger partial charge in [0.25, 0.3) is 5.91 Å². The first kappa shape index (κ1) is 18.7. The lowest BCUT2D eigenvalue weighted by Gasteiger charge is -2.48. The number of sulfone groups is 1. The predicted molar refractivity (Wildman–Crippen MR) is 104 cm³/mol. The summed E-state index contributed by atoms with van der Waals surface area (Å²) in [5.74, 6) is 0.978. The van der Waals surface area contributed by atoms with Gasteiger partial charge in [0, 0.05) is 30.9 Å². The molecule has 4 heterocycles. The van der Waals surface area contributed by atoms with Gasteiger partial charge in [-0.15, -0.1) is 0 Å². The first-order valence-electron chi connectivity index (χ1n) is 10.2. The Hall–Kier alpha value is -2.29. The third-order valence-electron chi connectivity index (χ3n) is 6.77. The molecule has 3 aliphatic rings. The van der Waals surface area contributed by atoms with Crippen molar-refractivity contribution in [3.8, 4) is 0 Å². The van der Waals surface area contributed by atoms with E-state index in [0.29, 0.717) is 29.6 Å². The molecule has 1 spiro atoms. The first-order chi connectivity index (χ1) is 13.9. The molecule has 8 nitrogen and oxygen atoms in total. The predicted octanol–water partition coefficient (Wildman–Crippen LogP) is 2.23. The number of hydrogen-bond acceptors (Lipinski definition) is 7. The Morgan fingerprint density at radius 3 is 2.66 bits per heavy atom. The Balaban J connectivity index is 1.38. The number of nitrogens with zero attached hydrogens (tertiary/aromatic N) is 4. The summed E-state index contributed by atoms with van der Waals surface area (Å²) >= 11 is 0. The van der Waals surface area contributed by atoms with Crippen LogP contribution in [0.25, 0.3) is 0 Å². The first-order valence-corrected chi connectivity index (χ1v) is 11.8. The van der Waals surface area contributed by atoms with Gasteiger partial charge in [-0.1, -0.05) is 18.0 Å². The van der Waals surface area contributed by atoms with Gasteiger partial charge in [-0.05, 0) is 38.3 Å². The average molecular weight is 417 g/mol. The van der Waals surface area contributed by atoms with Gasteiger partial charge in [0.05, 0.1) is 17.2 Å². The zero-order valence-corrected chi connectivity index (χ0v) is 17.2. The Kier molecular flexibility index (Phi) is 4.27. The minimum atomic E-state index is -3.35. The van der Waals surface area contributed by atoms with Crippen molar-refractivity contribution in [1.29, 1.82) is 0 Å². The number of aryl methyl sites for hydroxylation is 1. The molecule has 1 atom stereocenters. The number of pyridine rings is 1. The summed E-state index contributed by atoms with van der Waals surface area (Å²) in [7, 11) is -3.35. The summed E-state index contributed by atoms with van der Waals surface area (Å²) in [6.07, 6.45) is 6.44. The van der Waals surface area contributed by atoms with E-state index >= 15 is 0 Å². The highest BCUT2D eigenvalue weighted by Crippen LogP contribution is 2.50. The second kappa shape index (κ2) is 6.62. The number of hydrogen-bond donors (Lipinski definition) is 0. The Bertz CT molecular complexity index is 1030. The van der Waals surface area contributed by atoms with E-state index in [9.17, 15) is 13.2 Å². The van der Waals surface area contributed by atoms with Crippen LogP contribution in [-0.2, 0) is 9.84 Å². The molecule has 2 aromatic rings. The lowest BCUT2D eigenvalue weighted by Crippen LogP contribution is -2.67. The molecule has 0 aromatic carbocycles. The van der Waals surface area contributed by atoms with Gasteiger partial charge in [0.1, 0.15) is 4.75 Å². The summed E-state index contributed by atoms with van der Waals surface area (Å²) in [5, 5.41) is 4.15. The fourth-order valence-corrected chi connectivity index (χ4v) is 7.29. The minimum Gasteiger partial charge on any atom is -0.339 e. The van der Waals surface area contributed by atoms with Gasteiger partial charge < -0.3 is 9.42 Å². The van der Waals surface area contributed by atoms with Gasteiger partial charge >= 0.3 is 0 Å². The molecular formula is C20H24N4O4S. The van der Waals surface area contributed by atoms with E-state index in [4.69, 9.17) is 4.52 Å². The van der Waals surface area contributed by atoms with Gasteiger partial charge in [-0.25, -0.2) is 8.42 Å². The molecule has 2 aromatic heterocycles. The molecule has 0 radical (unpaired) electrons. The molecule has 1 unspecified atom stereocenters. The van der Waals surface area contributed by atoms with E-state index in [1.54, 1.807) is 17.0 Å². The number of rotatable bonds is 3. The van der Waals surface area contributed by atoms with E-state index in [1.807, 2.05) is 6.92 Å². The topological polar surface area (TPSA) is 106 Å². The number of amides is 1. The molecule has 1 amide bonds. The number of carbonyl (C=O) groups is 1. The highest BCUT2D eigenvalue weighted by atomic mass is 32.2. The third-order valence-corrected chi connectivity index (χ3v) is 9.32. The normalized spacial score (nSPS) is 25.4. The second-order valence-corrected chi connectivity index (χ2v) is 11.0. The molecule has 2 saturated heterocycles. The van der Waals surface area contributed by atoms with Crippen molar-refractivity contribution in [1.82, 2.24) is 20.0 Å². The van der Waals surface area contributed by atoms with Crippen LogP contribution in [0.4, 0.5) is 0 Å². The van der Waals surface area contributed by atoms with Crippen LogP contribution in [-0.4, -0.2) is 57.9 Å². The molecular weight excluding hydrogens is 392 g/mol. The highest BCUT2D eigenvalue weighted by Gasteiger charge is 2.64. The van der Waals surface area contributed by atoms with Crippen LogP contribution in [0, 0.1) is 6.92 Å². The lowest BCUT2D eigenvalue weighted by molar-refractivity contribution is 0.0503. The maximum absolute atomic E-state index is 12.9. The molecule has 1 aliphatic carbocycles. The molecule has 0 N–H and O–H groups in total. The highest BCUT2D eigenvalue weighted by molar-refractivity contribution is 7.93. The minimum absolute atomic E-state index is 0.0902. The van der Waals surface area contributed by atoms with Gasteiger partial charge in [-0.3, -0.25) is 9.78 Å². The fourth-order valence-electron chi connectivity index (χ4n) is 4.98. The zero-order valence-electron chi connectivity index (χ0n) is 16.4. The maximum Gasteiger partial charge on any atom is 0.255 e. The average Bonchev–Trinajstić information content (AvgIpc) is 3.38. The van der Waals surface area contributed by atoms with Crippen molar-refractivity contribution in [2.24, 2.45) is 0 Å². The summed E-state index contributed by atoms with van der Waals surface area (Å²) < 4.78 is 30.4. The summed E-state index contributed by atoms with van der Waals surface area (Å²) in [5.41, 5.74) is 1.30. The molecule has 1 saturated carbocycles. The molecule has 9 heteroatoms. The Morgan fingerprint density at radius 2 is 1.97 bits per heavy atom. The van der Waals surface area contributed by atoms with E-state index in [0.717, 1.165) is 18.5 Å². The van der Waals surface area contributed by atoms with E-state index in [2.05, 4.69) is 15.1 Å². The van der Waals surface area contributed by atoms with Crippen molar-refractivity contribution >= 4 is 15.7 Å². The van der Waals surface area contributed by atoms with Gasteiger partial charge in [-0.2, -0.15) is 4.98 Å². The van der Waals surface area contributed by atoms with Crippen molar-refractivity contribution < 1.29 is 17.7 Å². The largest absolute Gasteiger partial charge is 0.339 e. The van der Waals surface area contributed by atoms with Crippen molar-refractivity contribution in [2.45, 2.75) is 55.6 Å². The van der Waals surface area contributed by atoms with Crippen LogP contribution in [0.1, 0.15) is 71.7 Å². The monoisotopic (exact) mass is 416 g/mol. The molecule has 5 rings (SSSR count). The molecule has 3 fully saturated rings. The Labute approximate surface area is 169 Å². The lowest BCUT2D eigenvalue weighted by atomic mass is 9.82. The summed E-state index contributed by atoms with van der Waals surface area (Å²) in [4.78, 5) is 23.1. The summed E-state index contributed by atoms with van der Waals surface area (Å²) in [6, 6.07) is 3.50. The molecule has 2 aliphatic heterocycles. The fraction of sp³-hybridized carbons (Fsp3) is 0.600. The van der Waals surface area contributed by atoms with Crippen molar-refractivity contribution in [2.75, 3.05) is 18.8 Å². The number of likely N-dealkylation sites (tertiary alicyclic amines) is 1. The van der Waals surface area contributed by atoms with Crippen molar-refractivity contribution in [3.05, 3.63) is 41.3 Å². The van der Waals surface area contributed by atoms with E-state index in [-0.39, 0.29) is 30.7 Å². The van der Waals surface area contributed by atoms with Crippen LogP contribution in [0.15, 0.2) is 22.9 Å². The smallest absolute Gasteiger partial charge is 0.255 e. The standard InChI is InChI=1S/C20H24N4O4S/c1-13-6-7-15(10-21-13)19(25)24-11-20(12-24)16(8-9-29(20,26)27)18-22-17(23-28-18)14-4-2-3-5-14/h6-7,10,14,16H,2-5,8-9,11-12H2,1H3. The molecule has 154 valence electrons. The number of carbonyl (C=O) groups excluding carboxylic acids is 1. The van der Waals surface area contributed by atoms with Gasteiger partial charge in [0.2, 0.25) is 5.89 Å². The summed E-state index contributed by atoms with van der Waals surface area (Å²) in [6.45, 7) is 2.18. The SMILES string of the molecule is Cc1ccc(C(=O)N2CC3(C2)C(c2nc(C4CCCC4)no2)CCS3(=O)=O)cn1. The van der Waals surface area contributed by atoms with Gasteiger partial charge in [0.15, 0.2) is 15.7 Å². The zero-order chi connectivity index (χ0) is 20.2. The molecule has 0 bridgehead atoms. The second-order valence-electron chi connectivity index (χ2n) is 8.55. The van der Waals surface area contributed by atoms with E-state index < -0.39 is 14.6 Å². The Morgan fingerprint density at radius 1 is 1.21 bits per heavy atom. The van der Waals surface area contributed by atoms with Crippen LogP contribution in [0.5, 0.6) is 0 Å². The van der Waals surface area contributed by atoms with Crippen LogP contribution in [0.3, 0.4) is 0 Å². The third kappa shape index (κ3) is 2.89. The van der Waals surface area contributed by atoms with Crippen LogP contribution >= 0.6 is 0 Å². The van der Waals surface area contributed by atoms with Crippen LogP contribution in [0.2, 0.25) is 0 Å². The van der Waals surface area contributed by atoms with E-state index in [1.165, 1.54) is 19.0 Å². The number of aromatic nitrogens is 3. The van der Waals surface area contributed by atoms with Crippen LogP contribution < -0.4 is 0 Å². The quantitative estimate of drug-likeness (QED) is 0.755.